The number of aromatic nitrogens is 1. The standard InChI is InChI=1S/C27H41NO6S/c1-15-10-17(3)25(32)26(5,6)22(30)13-24(31)33-21(16(2)11-19-14-35-18(4)28-19)12-23-27(7,34-23)9-8-20(15)29/h11,14-15,17,20-23,29-30H,8-10,12-13H2,1-7H3/b16-11+/t15-,17-,20+,21?,22+,23+,27-/m1/s1. The van der Waals surface area contributed by atoms with Crippen molar-refractivity contribution in [3.8, 4) is 0 Å². The number of thiazole rings is 1. The van der Waals surface area contributed by atoms with Gasteiger partial charge in [0.15, 0.2) is 0 Å². The third-order valence-electron chi connectivity index (χ3n) is 7.85. The van der Waals surface area contributed by atoms with Crippen LogP contribution in [0.1, 0.15) is 84.3 Å². The van der Waals surface area contributed by atoms with Gasteiger partial charge in [-0.1, -0.05) is 27.7 Å². The number of epoxide rings is 1. The number of nitrogens with zero attached hydrogens (tertiary/aromatic N) is 1. The van der Waals surface area contributed by atoms with E-state index in [2.05, 4.69) is 4.98 Å². The summed E-state index contributed by atoms with van der Waals surface area (Å²) in [5.41, 5.74) is 0.153. The fraction of sp³-hybridized carbons (Fsp3) is 0.741. The Kier molecular flexibility index (Phi) is 8.62. The molecule has 7 atom stereocenters. The Labute approximate surface area is 212 Å². The summed E-state index contributed by atoms with van der Waals surface area (Å²) in [6, 6.07) is 0. The Hall–Kier alpha value is -1.61. The number of hydrogen-bond donors (Lipinski definition) is 2. The minimum atomic E-state index is -1.17. The fourth-order valence-electron chi connectivity index (χ4n) is 5.06. The molecule has 2 aliphatic rings. The van der Waals surface area contributed by atoms with Crippen molar-refractivity contribution in [2.24, 2.45) is 17.3 Å². The molecule has 0 aliphatic carbocycles. The van der Waals surface area contributed by atoms with Crippen LogP contribution >= 0.6 is 11.3 Å². The highest BCUT2D eigenvalue weighted by molar-refractivity contribution is 7.09. The second-order valence-corrected chi connectivity index (χ2v) is 12.4. The summed E-state index contributed by atoms with van der Waals surface area (Å²) in [5.74, 6) is -1.09. The van der Waals surface area contributed by atoms with Gasteiger partial charge in [0.2, 0.25) is 0 Å². The summed E-state index contributed by atoms with van der Waals surface area (Å²) in [5, 5.41) is 24.5. The Balaban J connectivity index is 1.86. The van der Waals surface area contributed by atoms with E-state index in [1.165, 1.54) is 0 Å². The molecule has 2 aliphatic heterocycles. The van der Waals surface area contributed by atoms with Gasteiger partial charge < -0.3 is 19.7 Å². The van der Waals surface area contributed by atoms with Gasteiger partial charge in [0.1, 0.15) is 11.9 Å². The maximum absolute atomic E-state index is 13.2. The molecular formula is C27H41NO6S. The molecule has 8 heteroatoms. The van der Waals surface area contributed by atoms with E-state index >= 15 is 0 Å². The number of aryl methyl sites for hydroxylation is 1. The van der Waals surface area contributed by atoms with E-state index in [4.69, 9.17) is 9.47 Å². The van der Waals surface area contributed by atoms with Crippen LogP contribution in [0.15, 0.2) is 11.0 Å². The predicted molar refractivity (Wildman–Crippen MR) is 136 cm³/mol. The first kappa shape index (κ1) is 28.0. The minimum Gasteiger partial charge on any atom is -0.458 e. The first-order chi connectivity index (χ1) is 16.2. The number of ketones is 1. The normalized spacial score (nSPS) is 37.5. The maximum atomic E-state index is 13.2. The highest BCUT2D eigenvalue weighted by Gasteiger charge is 2.53. The molecule has 7 nitrogen and oxygen atoms in total. The van der Waals surface area contributed by atoms with Gasteiger partial charge in [-0.25, -0.2) is 4.98 Å². The number of carbonyl (C=O) groups is 2. The van der Waals surface area contributed by atoms with Crippen molar-refractivity contribution in [2.75, 3.05) is 0 Å². The number of ether oxygens (including phenoxy) is 2. The summed E-state index contributed by atoms with van der Waals surface area (Å²) in [6.07, 6.45) is 1.53. The molecule has 2 N–H and O–H groups in total. The first-order valence-corrected chi connectivity index (χ1v) is 13.5. The molecular weight excluding hydrogens is 466 g/mol. The fourth-order valence-corrected chi connectivity index (χ4v) is 5.63. The molecule has 0 amide bonds. The van der Waals surface area contributed by atoms with Gasteiger partial charge in [0.25, 0.3) is 0 Å². The third-order valence-corrected chi connectivity index (χ3v) is 8.64. The van der Waals surface area contributed by atoms with Crippen LogP contribution in [0.5, 0.6) is 0 Å². The molecule has 0 spiro atoms. The zero-order chi connectivity index (χ0) is 26.1. The van der Waals surface area contributed by atoms with Crippen molar-refractivity contribution in [3.05, 3.63) is 21.7 Å². The van der Waals surface area contributed by atoms with Crippen LogP contribution in [0.2, 0.25) is 0 Å². The zero-order valence-electron chi connectivity index (χ0n) is 22.0. The molecule has 0 saturated carbocycles. The topological polar surface area (TPSA) is 109 Å². The van der Waals surface area contributed by atoms with E-state index in [-0.39, 0.29) is 35.7 Å². The Morgan fingerprint density at radius 2 is 1.89 bits per heavy atom. The van der Waals surface area contributed by atoms with Crippen molar-refractivity contribution in [1.29, 1.82) is 0 Å². The van der Waals surface area contributed by atoms with E-state index in [0.29, 0.717) is 25.7 Å². The van der Waals surface area contributed by atoms with Gasteiger partial charge in [-0.2, -0.15) is 0 Å². The van der Waals surface area contributed by atoms with Crippen molar-refractivity contribution in [1.82, 2.24) is 4.98 Å². The van der Waals surface area contributed by atoms with Crippen LogP contribution in [0.25, 0.3) is 6.08 Å². The highest BCUT2D eigenvalue weighted by Crippen LogP contribution is 2.45. The zero-order valence-corrected chi connectivity index (χ0v) is 22.9. The van der Waals surface area contributed by atoms with E-state index in [1.807, 2.05) is 46.1 Å². The second-order valence-electron chi connectivity index (χ2n) is 11.3. The molecule has 2 fully saturated rings. The van der Waals surface area contributed by atoms with Crippen LogP contribution in [0, 0.1) is 24.2 Å². The number of aliphatic hydroxyl groups excluding tert-OH is 2. The highest BCUT2D eigenvalue weighted by atomic mass is 32.1. The number of cyclic esters (lactones) is 1. The molecule has 0 aromatic carbocycles. The van der Waals surface area contributed by atoms with E-state index in [0.717, 1.165) is 16.3 Å². The molecule has 1 unspecified atom stereocenters. The average Bonchev–Trinajstić information content (AvgIpc) is 3.23. The van der Waals surface area contributed by atoms with Crippen molar-refractivity contribution in [3.63, 3.8) is 0 Å². The Morgan fingerprint density at radius 1 is 1.20 bits per heavy atom. The summed E-state index contributed by atoms with van der Waals surface area (Å²) < 4.78 is 11.9. The van der Waals surface area contributed by atoms with Crippen molar-refractivity contribution >= 4 is 29.2 Å². The summed E-state index contributed by atoms with van der Waals surface area (Å²) in [4.78, 5) is 30.6. The molecule has 1 aromatic rings. The molecule has 3 heterocycles. The number of fused-ring (bicyclic) bond motifs is 1. The molecule has 0 bridgehead atoms. The average molecular weight is 508 g/mol. The lowest BCUT2D eigenvalue weighted by Crippen LogP contribution is -2.42. The summed E-state index contributed by atoms with van der Waals surface area (Å²) in [6.45, 7) is 13.0. The SMILES string of the molecule is C/C(=C\c1csc(C)n1)C1C[C@@H]2O[C@]2(C)CC[C@H](O)[C@H](C)C[C@@H](C)C(=O)C(C)(C)[C@@H](O)CC(=O)O1. The number of esters is 1. The van der Waals surface area contributed by atoms with E-state index in [1.54, 1.807) is 25.2 Å². The van der Waals surface area contributed by atoms with Crippen molar-refractivity contribution in [2.45, 2.75) is 111 Å². The largest absolute Gasteiger partial charge is 0.458 e. The monoisotopic (exact) mass is 507 g/mol. The van der Waals surface area contributed by atoms with E-state index in [9.17, 15) is 19.8 Å². The van der Waals surface area contributed by atoms with Gasteiger partial charge in [0, 0.05) is 17.7 Å². The van der Waals surface area contributed by atoms with Gasteiger partial charge in [-0.05, 0) is 57.6 Å². The van der Waals surface area contributed by atoms with Gasteiger partial charge >= 0.3 is 5.97 Å². The molecule has 1 aromatic heterocycles. The molecule has 196 valence electrons. The van der Waals surface area contributed by atoms with Gasteiger partial charge in [-0.3, -0.25) is 9.59 Å². The number of carbonyl (C=O) groups excluding carboxylic acids is 2. The van der Waals surface area contributed by atoms with Gasteiger partial charge in [-0.15, -0.1) is 11.3 Å². The molecule has 2 saturated heterocycles. The number of hydrogen-bond acceptors (Lipinski definition) is 8. The third kappa shape index (κ3) is 6.79. The van der Waals surface area contributed by atoms with Crippen LogP contribution in [-0.4, -0.2) is 57.0 Å². The lowest BCUT2D eigenvalue weighted by Gasteiger charge is -2.33. The van der Waals surface area contributed by atoms with Crippen LogP contribution < -0.4 is 0 Å². The minimum absolute atomic E-state index is 0.0694. The Bertz CT molecular complexity index is 955. The summed E-state index contributed by atoms with van der Waals surface area (Å²) in [7, 11) is 0. The van der Waals surface area contributed by atoms with Crippen LogP contribution in [-0.2, 0) is 19.1 Å². The van der Waals surface area contributed by atoms with Crippen LogP contribution in [0.4, 0.5) is 0 Å². The van der Waals surface area contributed by atoms with Crippen LogP contribution in [0.3, 0.4) is 0 Å². The first-order valence-electron chi connectivity index (χ1n) is 12.6. The Morgan fingerprint density at radius 3 is 2.51 bits per heavy atom. The summed E-state index contributed by atoms with van der Waals surface area (Å²) >= 11 is 1.55. The number of rotatable bonds is 2. The lowest BCUT2D eigenvalue weighted by molar-refractivity contribution is -0.153. The second kappa shape index (κ2) is 10.8. The molecule has 35 heavy (non-hydrogen) atoms. The van der Waals surface area contributed by atoms with Gasteiger partial charge in [0.05, 0.1) is 46.5 Å². The quantitative estimate of drug-likeness (QED) is 0.449. The number of aliphatic hydroxyl groups is 2. The lowest BCUT2D eigenvalue weighted by atomic mass is 9.73. The molecule has 0 radical (unpaired) electrons. The van der Waals surface area contributed by atoms with E-state index < -0.39 is 29.7 Å². The number of Topliss-reactive ketones (excluding diaryl/α,β-unsaturated/α-hetero) is 1. The molecule has 3 rings (SSSR count). The predicted octanol–water partition coefficient (Wildman–Crippen LogP) is 4.48. The smallest absolute Gasteiger partial charge is 0.309 e. The maximum Gasteiger partial charge on any atom is 0.309 e. The van der Waals surface area contributed by atoms with Crippen molar-refractivity contribution < 1.29 is 29.3 Å².